The number of hydrogen-bond acceptors (Lipinski definition) is 4. The molecule has 0 aliphatic heterocycles. The van der Waals surface area contributed by atoms with Crippen molar-refractivity contribution in [2.24, 2.45) is 0 Å². The highest BCUT2D eigenvalue weighted by atomic mass is 16.6. The molecule has 0 bridgehead atoms. The highest BCUT2D eigenvalue weighted by molar-refractivity contribution is 5.64. The summed E-state index contributed by atoms with van der Waals surface area (Å²) in [6.45, 7) is 1.69. The fraction of sp³-hybridized carbons (Fsp3) is 0.125. The number of hydrogen-bond donors (Lipinski definition) is 1. The number of imidazole rings is 1. The highest BCUT2D eigenvalue weighted by Crippen LogP contribution is 2.21. The maximum absolute atomic E-state index is 10.6. The summed E-state index contributed by atoms with van der Waals surface area (Å²) in [6, 6.07) is 3.21. The van der Waals surface area contributed by atoms with Crippen LogP contribution in [0.2, 0.25) is 0 Å². The molecule has 2 aromatic rings. The quantitative estimate of drug-likeness (QED) is 0.542. The van der Waals surface area contributed by atoms with Crippen molar-refractivity contribution in [3.63, 3.8) is 0 Å². The van der Waals surface area contributed by atoms with Gasteiger partial charge < -0.3 is 15.8 Å². The minimum Gasteiger partial charge on any atom is -0.398 e. The number of anilines is 1. The van der Waals surface area contributed by atoms with Crippen molar-refractivity contribution in [2.45, 2.75) is 6.92 Å². The zero-order valence-electron chi connectivity index (χ0n) is 7.47. The summed E-state index contributed by atoms with van der Waals surface area (Å²) in [7, 11) is 0. The van der Waals surface area contributed by atoms with E-state index in [1.54, 1.807) is 29.7 Å². The first-order valence-corrected chi connectivity index (χ1v) is 3.98. The normalized spacial score (nSPS) is 10.6. The van der Waals surface area contributed by atoms with Gasteiger partial charge in [0.1, 0.15) is 5.52 Å². The van der Waals surface area contributed by atoms with Gasteiger partial charge >= 0.3 is 5.82 Å². The van der Waals surface area contributed by atoms with Gasteiger partial charge in [-0.2, -0.15) is 0 Å². The van der Waals surface area contributed by atoms with E-state index < -0.39 is 4.92 Å². The van der Waals surface area contributed by atoms with Crippen LogP contribution < -0.4 is 5.73 Å². The summed E-state index contributed by atoms with van der Waals surface area (Å²) in [4.78, 5) is 13.9. The highest BCUT2D eigenvalue weighted by Gasteiger charge is 2.18. The van der Waals surface area contributed by atoms with Gasteiger partial charge in [0.2, 0.25) is 5.82 Å². The van der Waals surface area contributed by atoms with Gasteiger partial charge in [-0.25, -0.2) is 0 Å². The Bertz CT molecular complexity index is 517. The molecule has 0 aliphatic carbocycles. The van der Waals surface area contributed by atoms with E-state index in [0.29, 0.717) is 17.0 Å². The number of aromatic nitrogens is 2. The third-order valence-corrected chi connectivity index (χ3v) is 1.99. The molecule has 0 fully saturated rings. The van der Waals surface area contributed by atoms with Gasteiger partial charge in [0, 0.05) is 18.8 Å². The first-order valence-electron chi connectivity index (χ1n) is 3.98. The molecular formula is C8H8N4O2. The van der Waals surface area contributed by atoms with Crippen LogP contribution in [0.15, 0.2) is 18.3 Å². The first-order chi connectivity index (χ1) is 6.59. The van der Waals surface area contributed by atoms with Crippen molar-refractivity contribution in [3.05, 3.63) is 34.3 Å². The predicted octanol–water partition coefficient (Wildman–Crippen LogP) is 1.13. The molecule has 0 radical (unpaired) electrons. The number of aryl methyl sites for hydroxylation is 1. The number of pyridine rings is 1. The summed E-state index contributed by atoms with van der Waals surface area (Å²) in [5.41, 5.74) is 6.57. The Morgan fingerprint density at radius 2 is 2.29 bits per heavy atom. The largest absolute Gasteiger partial charge is 0.398 e. The molecule has 0 atom stereocenters. The molecule has 0 aromatic carbocycles. The van der Waals surface area contributed by atoms with E-state index in [4.69, 9.17) is 5.73 Å². The standard InChI is InChI=1S/C8H8N4O2/c1-5-10-8(12(13)14)7-3-2-6(9)4-11(5)7/h2-4H,9H2,1H3. The average Bonchev–Trinajstić information content (AvgIpc) is 2.44. The molecule has 2 aromatic heterocycles. The van der Waals surface area contributed by atoms with Crippen LogP contribution in [-0.2, 0) is 0 Å². The molecular weight excluding hydrogens is 184 g/mol. The van der Waals surface area contributed by atoms with Gasteiger partial charge in [0.15, 0.2) is 0 Å². The summed E-state index contributed by atoms with van der Waals surface area (Å²) < 4.78 is 1.60. The topological polar surface area (TPSA) is 86.5 Å². The Morgan fingerprint density at radius 3 is 2.93 bits per heavy atom. The average molecular weight is 192 g/mol. The number of nitrogen functional groups attached to an aromatic ring is 1. The van der Waals surface area contributed by atoms with Crippen molar-refractivity contribution in [1.29, 1.82) is 0 Å². The number of nitrogens with two attached hydrogens (primary N) is 1. The van der Waals surface area contributed by atoms with Crippen molar-refractivity contribution >= 4 is 17.0 Å². The summed E-state index contributed by atoms with van der Waals surface area (Å²) in [6.07, 6.45) is 1.62. The Labute approximate surface area is 79.1 Å². The van der Waals surface area contributed by atoms with Crippen molar-refractivity contribution in [2.75, 3.05) is 5.73 Å². The molecule has 2 heterocycles. The van der Waals surface area contributed by atoms with Crippen LogP contribution in [0.1, 0.15) is 5.82 Å². The molecule has 72 valence electrons. The number of nitrogens with zero attached hydrogens (tertiary/aromatic N) is 3. The molecule has 14 heavy (non-hydrogen) atoms. The van der Waals surface area contributed by atoms with Gasteiger partial charge in [0.25, 0.3) is 0 Å². The van der Waals surface area contributed by atoms with Crippen molar-refractivity contribution in [3.8, 4) is 0 Å². The van der Waals surface area contributed by atoms with Gasteiger partial charge in [-0.05, 0) is 22.0 Å². The lowest BCUT2D eigenvalue weighted by Gasteiger charge is -1.95. The molecule has 6 nitrogen and oxygen atoms in total. The van der Waals surface area contributed by atoms with E-state index >= 15 is 0 Å². The summed E-state index contributed by atoms with van der Waals surface area (Å²) in [5, 5.41) is 10.6. The predicted molar refractivity (Wildman–Crippen MR) is 51.0 cm³/mol. The fourth-order valence-electron chi connectivity index (χ4n) is 1.37. The fourth-order valence-corrected chi connectivity index (χ4v) is 1.37. The molecule has 0 aliphatic rings. The van der Waals surface area contributed by atoms with E-state index in [1.165, 1.54) is 0 Å². The molecule has 0 saturated carbocycles. The Hall–Kier alpha value is -2.11. The third kappa shape index (κ3) is 1.08. The zero-order valence-corrected chi connectivity index (χ0v) is 7.47. The van der Waals surface area contributed by atoms with Gasteiger partial charge in [0.05, 0.1) is 0 Å². The van der Waals surface area contributed by atoms with Crippen LogP contribution in [0.3, 0.4) is 0 Å². The molecule has 2 rings (SSSR count). The van der Waals surface area contributed by atoms with Gasteiger partial charge in [-0.3, -0.25) is 4.40 Å². The summed E-state index contributed by atoms with van der Waals surface area (Å²) in [5.74, 6) is 0.418. The lowest BCUT2D eigenvalue weighted by atomic mass is 10.4. The van der Waals surface area contributed by atoms with E-state index in [-0.39, 0.29) is 5.82 Å². The molecule has 0 spiro atoms. The Balaban J connectivity index is 2.84. The third-order valence-electron chi connectivity index (χ3n) is 1.99. The van der Waals surface area contributed by atoms with Crippen LogP contribution in [0, 0.1) is 17.0 Å². The smallest absolute Gasteiger partial charge is 0.389 e. The van der Waals surface area contributed by atoms with Gasteiger partial charge in [-0.15, -0.1) is 0 Å². The van der Waals surface area contributed by atoms with E-state index in [2.05, 4.69) is 4.98 Å². The van der Waals surface area contributed by atoms with Gasteiger partial charge in [-0.1, -0.05) is 0 Å². The maximum atomic E-state index is 10.6. The minimum absolute atomic E-state index is 0.137. The lowest BCUT2D eigenvalue weighted by molar-refractivity contribution is -0.387. The second-order valence-corrected chi connectivity index (χ2v) is 2.96. The molecule has 2 N–H and O–H groups in total. The lowest BCUT2D eigenvalue weighted by Crippen LogP contribution is -1.92. The maximum Gasteiger partial charge on any atom is 0.389 e. The number of rotatable bonds is 1. The van der Waals surface area contributed by atoms with Crippen LogP contribution in [-0.4, -0.2) is 14.3 Å². The van der Waals surface area contributed by atoms with Crippen molar-refractivity contribution in [1.82, 2.24) is 9.38 Å². The SMILES string of the molecule is Cc1nc([N+](=O)[O-])c2ccc(N)cn12. The number of nitro groups is 1. The second kappa shape index (κ2) is 2.69. The van der Waals surface area contributed by atoms with E-state index in [1.807, 2.05) is 0 Å². The Kier molecular flexibility index (Phi) is 1.63. The monoisotopic (exact) mass is 192 g/mol. The van der Waals surface area contributed by atoms with Crippen LogP contribution >= 0.6 is 0 Å². The molecule has 0 unspecified atom stereocenters. The first kappa shape index (κ1) is 8.49. The Morgan fingerprint density at radius 1 is 1.57 bits per heavy atom. The van der Waals surface area contributed by atoms with E-state index in [9.17, 15) is 10.1 Å². The number of fused-ring (bicyclic) bond motifs is 1. The zero-order chi connectivity index (χ0) is 10.3. The van der Waals surface area contributed by atoms with Crippen LogP contribution in [0.5, 0.6) is 0 Å². The van der Waals surface area contributed by atoms with Crippen LogP contribution in [0.4, 0.5) is 11.5 Å². The van der Waals surface area contributed by atoms with Crippen LogP contribution in [0.25, 0.3) is 5.52 Å². The molecule has 6 heteroatoms. The minimum atomic E-state index is -0.501. The summed E-state index contributed by atoms with van der Waals surface area (Å²) >= 11 is 0. The molecule has 0 amide bonds. The van der Waals surface area contributed by atoms with Crippen molar-refractivity contribution < 1.29 is 4.92 Å². The molecule has 0 saturated heterocycles. The van der Waals surface area contributed by atoms with E-state index in [0.717, 1.165) is 0 Å². The second-order valence-electron chi connectivity index (χ2n) is 2.96.